The molecule has 0 spiro atoms. The Hall–Kier alpha value is -1.78. The minimum absolute atomic E-state index is 0.254. The minimum Gasteiger partial charge on any atom is -0.248 e. The largest absolute Gasteiger partial charge is 0.419 e. The molecule has 92 valence electrons. The second-order valence-electron chi connectivity index (χ2n) is 2.99. The van der Waals surface area contributed by atoms with Gasteiger partial charge in [0.2, 0.25) is 0 Å². The molecule has 1 rings (SSSR count). The number of pyridine rings is 1. The molecule has 8 heteroatoms. The fourth-order valence-corrected chi connectivity index (χ4v) is 1.13. The van der Waals surface area contributed by atoms with Crippen molar-refractivity contribution in [2.24, 2.45) is 0 Å². The molecule has 1 aromatic rings. The Kier molecular flexibility index (Phi) is 3.60. The molecule has 0 unspecified atom stereocenters. The van der Waals surface area contributed by atoms with Crippen LogP contribution in [0, 0.1) is 17.1 Å². The van der Waals surface area contributed by atoms with Crippen molar-refractivity contribution in [1.82, 2.24) is 4.98 Å². The van der Waals surface area contributed by atoms with Gasteiger partial charge in [-0.05, 0) is 6.07 Å². The van der Waals surface area contributed by atoms with E-state index in [1.54, 1.807) is 0 Å². The van der Waals surface area contributed by atoms with Crippen LogP contribution in [-0.4, -0.2) is 4.98 Å². The summed E-state index contributed by atoms with van der Waals surface area (Å²) in [5, 5.41) is 8.26. The van der Waals surface area contributed by atoms with Gasteiger partial charge in [-0.25, -0.2) is 18.2 Å². The molecule has 2 nitrogen and oxygen atoms in total. The van der Waals surface area contributed by atoms with Crippen molar-refractivity contribution in [2.45, 2.75) is 19.0 Å². The minimum atomic E-state index is -5.11. The zero-order valence-electron chi connectivity index (χ0n) is 8.02. The van der Waals surface area contributed by atoms with E-state index < -0.39 is 41.8 Å². The van der Waals surface area contributed by atoms with Gasteiger partial charge >= 0.3 is 6.18 Å². The Balaban J connectivity index is 3.44. The summed E-state index contributed by atoms with van der Waals surface area (Å²) in [6.07, 6.45) is -9.20. The number of nitrogens with zero attached hydrogens (tertiary/aromatic N) is 2. The lowest BCUT2D eigenvalue weighted by Crippen LogP contribution is -2.13. The van der Waals surface area contributed by atoms with Gasteiger partial charge in [-0.1, -0.05) is 0 Å². The third-order valence-corrected chi connectivity index (χ3v) is 1.81. The van der Waals surface area contributed by atoms with Gasteiger partial charge in [0.1, 0.15) is 5.69 Å². The maximum atomic E-state index is 13.1. The molecular formula is C9H4F6N2. The molecular weight excluding hydrogens is 250 g/mol. The maximum Gasteiger partial charge on any atom is 0.419 e. The van der Waals surface area contributed by atoms with E-state index in [2.05, 4.69) is 4.98 Å². The predicted octanol–water partition coefficient (Wildman–Crippen LogP) is 3.24. The zero-order valence-corrected chi connectivity index (χ0v) is 8.02. The summed E-state index contributed by atoms with van der Waals surface area (Å²) in [5.41, 5.74) is -3.98. The molecule has 0 fully saturated rings. The Morgan fingerprint density at radius 2 is 1.94 bits per heavy atom. The zero-order chi connectivity index (χ0) is 13.2. The van der Waals surface area contributed by atoms with E-state index in [0.29, 0.717) is 0 Å². The Morgan fingerprint density at radius 1 is 1.35 bits per heavy atom. The summed E-state index contributed by atoms with van der Waals surface area (Å²) in [6.45, 7) is 0. The fraction of sp³-hybridized carbons (Fsp3) is 0.333. The highest BCUT2D eigenvalue weighted by Crippen LogP contribution is 2.34. The van der Waals surface area contributed by atoms with Crippen LogP contribution >= 0.6 is 0 Å². The number of hydrogen-bond donors (Lipinski definition) is 0. The number of rotatable bonds is 2. The molecule has 0 N–H and O–H groups in total. The molecule has 0 aromatic carbocycles. The average Bonchev–Trinajstić information content (AvgIpc) is 2.18. The highest BCUT2D eigenvalue weighted by Gasteiger charge is 2.37. The Bertz CT molecular complexity index is 460. The van der Waals surface area contributed by atoms with Gasteiger partial charge in [-0.15, -0.1) is 0 Å². The molecule has 0 radical (unpaired) electrons. The second kappa shape index (κ2) is 4.61. The fourth-order valence-electron chi connectivity index (χ4n) is 1.13. The lowest BCUT2D eigenvalue weighted by atomic mass is 10.1. The first-order chi connectivity index (χ1) is 7.77. The molecule has 0 amide bonds. The van der Waals surface area contributed by atoms with Crippen molar-refractivity contribution in [1.29, 1.82) is 5.26 Å². The number of halogens is 6. The average molecular weight is 254 g/mol. The molecule has 0 saturated carbocycles. The monoisotopic (exact) mass is 254 g/mol. The lowest BCUT2D eigenvalue weighted by Gasteiger charge is -2.11. The summed E-state index contributed by atoms with van der Waals surface area (Å²) in [5.74, 6) is -2.10. The summed E-state index contributed by atoms with van der Waals surface area (Å²) < 4.78 is 74.6. The molecule has 0 aliphatic carbocycles. The quantitative estimate of drug-likeness (QED) is 0.759. The van der Waals surface area contributed by atoms with Crippen LogP contribution in [0.5, 0.6) is 0 Å². The Labute approximate surface area is 91.5 Å². The van der Waals surface area contributed by atoms with Crippen molar-refractivity contribution < 1.29 is 26.3 Å². The van der Waals surface area contributed by atoms with Crippen LogP contribution in [0.25, 0.3) is 0 Å². The van der Waals surface area contributed by atoms with Crippen molar-refractivity contribution in [3.05, 3.63) is 28.8 Å². The van der Waals surface area contributed by atoms with E-state index in [-0.39, 0.29) is 6.07 Å². The number of aromatic nitrogens is 1. The molecule has 0 atom stereocenters. The van der Waals surface area contributed by atoms with Crippen LogP contribution in [0.1, 0.15) is 23.4 Å². The van der Waals surface area contributed by atoms with Crippen molar-refractivity contribution >= 4 is 0 Å². The maximum absolute atomic E-state index is 13.1. The summed E-state index contributed by atoms with van der Waals surface area (Å²) in [7, 11) is 0. The van der Waals surface area contributed by atoms with Crippen LogP contribution in [0.3, 0.4) is 0 Å². The van der Waals surface area contributed by atoms with Crippen LogP contribution in [0.2, 0.25) is 0 Å². The van der Waals surface area contributed by atoms with E-state index >= 15 is 0 Å². The highest BCUT2D eigenvalue weighted by atomic mass is 19.4. The number of alkyl halides is 5. The van der Waals surface area contributed by atoms with E-state index in [4.69, 9.17) is 5.26 Å². The first-order valence-electron chi connectivity index (χ1n) is 4.19. The first-order valence-corrected chi connectivity index (χ1v) is 4.19. The molecule has 0 bridgehead atoms. The van der Waals surface area contributed by atoms with Gasteiger partial charge in [-0.2, -0.15) is 18.4 Å². The molecule has 0 aliphatic rings. The SMILES string of the molecule is N#CCc1cc(C(F)(F)F)c(F)c(C(F)F)n1. The molecule has 0 aliphatic heterocycles. The predicted molar refractivity (Wildman–Crippen MR) is 43.5 cm³/mol. The first kappa shape index (κ1) is 13.3. The van der Waals surface area contributed by atoms with Gasteiger partial charge in [0.25, 0.3) is 6.43 Å². The molecule has 1 aromatic heterocycles. The van der Waals surface area contributed by atoms with Gasteiger partial charge in [0, 0.05) is 0 Å². The lowest BCUT2D eigenvalue weighted by molar-refractivity contribution is -0.140. The van der Waals surface area contributed by atoms with Crippen LogP contribution in [-0.2, 0) is 12.6 Å². The smallest absolute Gasteiger partial charge is 0.248 e. The van der Waals surface area contributed by atoms with Crippen LogP contribution in [0.4, 0.5) is 26.3 Å². The standard InChI is InChI=1S/C9H4F6N2/c10-6-5(9(13,14)15)3-4(1-2-16)17-7(6)8(11)12/h3,8H,1H2. The van der Waals surface area contributed by atoms with Crippen molar-refractivity contribution in [2.75, 3.05) is 0 Å². The van der Waals surface area contributed by atoms with Crippen molar-refractivity contribution in [3.8, 4) is 6.07 Å². The van der Waals surface area contributed by atoms with E-state index in [1.807, 2.05) is 0 Å². The third kappa shape index (κ3) is 2.87. The molecule has 17 heavy (non-hydrogen) atoms. The summed E-state index contributed by atoms with van der Waals surface area (Å²) >= 11 is 0. The summed E-state index contributed by atoms with van der Waals surface area (Å²) in [4.78, 5) is 2.99. The normalized spacial score (nSPS) is 11.6. The van der Waals surface area contributed by atoms with Gasteiger partial charge in [0.15, 0.2) is 5.82 Å². The van der Waals surface area contributed by atoms with Crippen molar-refractivity contribution in [3.63, 3.8) is 0 Å². The topological polar surface area (TPSA) is 36.7 Å². The number of hydrogen-bond acceptors (Lipinski definition) is 2. The Morgan fingerprint density at radius 3 is 2.35 bits per heavy atom. The van der Waals surface area contributed by atoms with Gasteiger partial charge in [0.05, 0.1) is 23.7 Å². The summed E-state index contributed by atoms with van der Waals surface area (Å²) in [6, 6.07) is 1.71. The third-order valence-electron chi connectivity index (χ3n) is 1.81. The molecule has 0 saturated heterocycles. The second-order valence-corrected chi connectivity index (χ2v) is 2.99. The van der Waals surface area contributed by atoms with Crippen LogP contribution in [0.15, 0.2) is 6.07 Å². The van der Waals surface area contributed by atoms with E-state index in [9.17, 15) is 26.3 Å². The van der Waals surface area contributed by atoms with E-state index in [0.717, 1.165) is 0 Å². The highest BCUT2D eigenvalue weighted by molar-refractivity contribution is 5.28. The van der Waals surface area contributed by atoms with Crippen LogP contribution < -0.4 is 0 Å². The van der Waals surface area contributed by atoms with E-state index in [1.165, 1.54) is 6.07 Å². The van der Waals surface area contributed by atoms with Gasteiger partial charge in [-0.3, -0.25) is 0 Å². The van der Waals surface area contributed by atoms with Gasteiger partial charge < -0.3 is 0 Å². The number of nitriles is 1. The molecule has 1 heterocycles.